The smallest absolute Gasteiger partial charge is 0.225 e. The molecule has 2 aromatic heterocycles. The molecule has 6 heteroatoms. The van der Waals surface area contributed by atoms with Gasteiger partial charge in [0.1, 0.15) is 5.69 Å². The van der Waals surface area contributed by atoms with E-state index in [9.17, 15) is 4.79 Å². The number of hydrogen-bond acceptors (Lipinski definition) is 5. The molecule has 4 rings (SSSR count). The number of carbonyl (C=O) groups is 1. The highest BCUT2D eigenvalue weighted by Gasteiger charge is 2.24. The van der Waals surface area contributed by atoms with E-state index < -0.39 is 0 Å². The molecule has 3 N–H and O–H groups in total. The normalized spacial score (nSPS) is 13.4. The number of anilines is 2. The Labute approximate surface area is 188 Å². The van der Waals surface area contributed by atoms with Gasteiger partial charge in [0.2, 0.25) is 5.91 Å². The van der Waals surface area contributed by atoms with E-state index in [1.807, 2.05) is 35.7 Å². The molecule has 3 aromatic rings. The fourth-order valence-corrected chi connectivity index (χ4v) is 4.94. The molecule has 0 saturated carbocycles. The van der Waals surface area contributed by atoms with E-state index in [-0.39, 0.29) is 5.91 Å². The van der Waals surface area contributed by atoms with Crippen molar-refractivity contribution in [2.75, 3.05) is 11.1 Å². The number of hydrogen-bond donors (Lipinski definition) is 2. The molecule has 1 aromatic carbocycles. The van der Waals surface area contributed by atoms with Crippen molar-refractivity contribution in [1.29, 1.82) is 0 Å². The summed E-state index contributed by atoms with van der Waals surface area (Å²) in [5.41, 5.74) is 11.6. The van der Waals surface area contributed by atoms with Gasteiger partial charge in [0, 0.05) is 17.7 Å². The minimum absolute atomic E-state index is 0.0268. The fraction of sp³-hybridized carbons (Fsp3) is 0.400. The Morgan fingerprint density at radius 1 is 1.19 bits per heavy atom. The van der Waals surface area contributed by atoms with Crippen LogP contribution in [0, 0.1) is 5.92 Å². The summed E-state index contributed by atoms with van der Waals surface area (Å²) in [5.74, 6) is 1.02. The Kier molecular flexibility index (Phi) is 6.66. The summed E-state index contributed by atoms with van der Waals surface area (Å²) in [7, 11) is 0. The van der Waals surface area contributed by atoms with Crippen LogP contribution >= 0.6 is 11.3 Å². The van der Waals surface area contributed by atoms with Crippen molar-refractivity contribution in [3.8, 4) is 21.8 Å². The highest BCUT2D eigenvalue weighted by atomic mass is 32.1. The molecule has 1 atom stereocenters. The maximum Gasteiger partial charge on any atom is 0.225 e. The van der Waals surface area contributed by atoms with Crippen LogP contribution in [0.2, 0.25) is 0 Å². The number of nitrogen functional groups attached to an aromatic ring is 1. The number of rotatable bonds is 8. The highest BCUT2D eigenvalue weighted by molar-refractivity contribution is 7.13. The molecule has 0 saturated heterocycles. The van der Waals surface area contributed by atoms with Crippen molar-refractivity contribution >= 4 is 28.7 Å². The molecule has 0 fully saturated rings. The number of aromatic nitrogens is 2. The molecule has 1 amide bonds. The lowest BCUT2D eigenvalue weighted by Crippen LogP contribution is -2.19. The van der Waals surface area contributed by atoms with Crippen LogP contribution in [0.4, 0.5) is 11.5 Å². The third-order valence-corrected chi connectivity index (χ3v) is 6.89. The van der Waals surface area contributed by atoms with Crippen LogP contribution in [0.25, 0.3) is 21.8 Å². The quantitative estimate of drug-likeness (QED) is 0.420. The predicted octanol–water partition coefficient (Wildman–Crippen LogP) is 6.10. The van der Waals surface area contributed by atoms with Gasteiger partial charge in [0.05, 0.1) is 16.3 Å². The number of fused-ring (bicyclic) bond motifs is 3. The summed E-state index contributed by atoms with van der Waals surface area (Å²) in [4.78, 5) is 23.8. The van der Waals surface area contributed by atoms with Gasteiger partial charge < -0.3 is 11.1 Å². The topological polar surface area (TPSA) is 80.9 Å². The molecule has 5 nitrogen and oxygen atoms in total. The van der Waals surface area contributed by atoms with Crippen LogP contribution in [0.3, 0.4) is 0 Å². The lowest BCUT2D eigenvalue weighted by atomic mass is 9.91. The lowest BCUT2D eigenvalue weighted by molar-refractivity contribution is -0.117. The summed E-state index contributed by atoms with van der Waals surface area (Å²) in [6.45, 7) is 4.35. The summed E-state index contributed by atoms with van der Waals surface area (Å²) in [6, 6.07) is 10.0. The van der Waals surface area contributed by atoms with Crippen LogP contribution < -0.4 is 11.1 Å². The first-order chi connectivity index (χ1) is 15.1. The van der Waals surface area contributed by atoms with Crippen LogP contribution in [-0.2, 0) is 17.6 Å². The Balaban J connectivity index is 1.67. The summed E-state index contributed by atoms with van der Waals surface area (Å²) in [6.07, 6.45) is 6.62. The summed E-state index contributed by atoms with van der Waals surface area (Å²) < 4.78 is 0. The first kappa shape index (κ1) is 21.5. The SMILES string of the molecule is CCCCC(CC)CC(=O)Nc1nc2c(nc1-c1cccs1)-c1ccc(N)cc1CC2. The number of nitrogens with one attached hydrogen (secondary N) is 1. The van der Waals surface area contributed by atoms with Gasteiger partial charge in [-0.1, -0.05) is 45.2 Å². The Morgan fingerprint density at radius 3 is 2.81 bits per heavy atom. The van der Waals surface area contributed by atoms with Gasteiger partial charge in [-0.05, 0) is 54.3 Å². The maximum absolute atomic E-state index is 12.9. The van der Waals surface area contributed by atoms with Crippen LogP contribution in [0.15, 0.2) is 35.7 Å². The van der Waals surface area contributed by atoms with Crippen molar-refractivity contribution in [2.45, 2.75) is 58.8 Å². The van der Waals surface area contributed by atoms with E-state index in [0.717, 1.165) is 71.7 Å². The van der Waals surface area contributed by atoms with Gasteiger partial charge in [-0.3, -0.25) is 4.79 Å². The van der Waals surface area contributed by atoms with Crippen molar-refractivity contribution in [2.24, 2.45) is 5.92 Å². The van der Waals surface area contributed by atoms with E-state index in [4.69, 9.17) is 15.7 Å². The van der Waals surface area contributed by atoms with Crippen molar-refractivity contribution < 1.29 is 4.79 Å². The third-order valence-electron chi connectivity index (χ3n) is 6.01. The number of nitrogens with two attached hydrogens (primary N) is 1. The van der Waals surface area contributed by atoms with Gasteiger partial charge >= 0.3 is 0 Å². The minimum atomic E-state index is 0.0268. The second kappa shape index (κ2) is 9.60. The van der Waals surface area contributed by atoms with E-state index in [1.165, 1.54) is 5.56 Å². The van der Waals surface area contributed by atoms with E-state index in [0.29, 0.717) is 18.2 Å². The third kappa shape index (κ3) is 4.79. The molecule has 1 unspecified atom stereocenters. The fourth-order valence-electron chi connectivity index (χ4n) is 4.23. The van der Waals surface area contributed by atoms with E-state index in [1.54, 1.807) is 11.3 Å². The Bertz CT molecular complexity index is 1060. The minimum Gasteiger partial charge on any atom is -0.399 e. The lowest BCUT2D eigenvalue weighted by Gasteiger charge is -2.21. The number of nitrogens with zero attached hydrogens (tertiary/aromatic N) is 2. The molecular formula is C25H30N4OS. The number of benzene rings is 1. The average molecular weight is 435 g/mol. The number of carbonyl (C=O) groups excluding carboxylic acids is 1. The van der Waals surface area contributed by atoms with Gasteiger partial charge in [0.15, 0.2) is 5.82 Å². The predicted molar refractivity (Wildman–Crippen MR) is 129 cm³/mol. The molecule has 0 bridgehead atoms. The van der Waals surface area contributed by atoms with Gasteiger partial charge in [-0.15, -0.1) is 11.3 Å². The highest BCUT2D eigenvalue weighted by Crippen LogP contribution is 2.37. The standard InChI is InChI=1S/C25H30N4OS/c1-3-5-7-16(4-2)14-22(30)28-25-24(21-8-6-13-31-21)29-23-19-11-10-18(26)15-17(19)9-12-20(23)27-25/h6,8,10-11,13,15-16H,3-5,7,9,12,14,26H2,1-2H3,(H,27,28,30). The molecule has 2 heterocycles. The van der Waals surface area contributed by atoms with Gasteiger partial charge in [-0.25, -0.2) is 9.97 Å². The maximum atomic E-state index is 12.9. The average Bonchev–Trinajstić information content (AvgIpc) is 3.30. The second-order valence-corrected chi connectivity index (χ2v) is 9.23. The van der Waals surface area contributed by atoms with Gasteiger partial charge in [-0.2, -0.15) is 0 Å². The first-order valence-corrected chi connectivity index (χ1v) is 12.1. The first-order valence-electron chi connectivity index (χ1n) is 11.2. The van der Waals surface area contributed by atoms with E-state index in [2.05, 4.69) is 19.2 Å². The molecule has 0 aliphatic heterocycles. The largest absolute Gasteiger partial charge is 0.399 e. The molecule has 162 valence electrons. The second-order valence-electron chi connectivity index (χ2n) is 8.28. The Hall–Kier alpha value is -2.73. The molecule has 0 radical (unpaired) electrons. The van der Waals surface area contributed by atoms with Crippen molar-refractivity contribution in [3.63, 3.8) is 0 Å². The molecule has 0 spiro atoms. The zero-order chi connectivity index (χ0) is 21.8. The number of aryl methyl sites for hydroxylation is 2. The zero-order valence-corrected chi connectivity index (χ0v) is 19.1. The van der Waals surface area contributed by atoms with Crippen molar-refractivity contribution in [3.05, 3.63) is 47.0 Å². The number of amides is 1. The van der Waals surface area contributed by atoms with Crippen molar-refractivity contribution in [1.82, 2.24) is 9.97 Å². The summed E-state index contributed by atoms with van der Waals surface area (Å²) >= 11 is 1.61. The van der Waals surface area contributed by atoms with Gasteiger partial charge in [0.25, 0.3) is 0 Å². The molecule has 31 heavy (non-hydrogen) atoms. The van der Waals surface area contributed by atoms with Crippen LogP contribution in [-0.4, -0.2) is 15.9 Å². The van der Waals surface area contributed by atoms with Crippen LogP contribution in [0.5, 0.6) is 0 Å². The number of thiophene rings is 1. The zero-order valence-electron chi connectivity index (χ0n) is 18.3. The summed E-state index contributed by atoms with van der Waals surface area (Å²) in [5, 5.41) is 5.12. The van der Waals surface area contributed by atoms with Crippen LogP contribution in [0.1, 0.15) is 57.2 Å². The van der Waals surface area contributed by atoms with E-state index >= 15 is 0 Å². The molecule has 1 aliphatic carbocycles. The monoisotopic (exact) mass is 434 g/mol. The Morgan fingerprint density at radius 2 is 2.06 bits per heavy atom. The number of unbranched alkanes of at least 4 members (excludes halogenated alkanes) is 1. The molecule has 1 aliphatic rings. The molecular weight excluding hydrogens is 404 g/mol.